The molecule has 1 aromatic heterocycles. The molecule has 0 aliphatic carbocycles. The highest BCUT2D eigenvalue weighted by atomic mass is 32.2. The molecule has 0 saturated carbocycles. The van der Waals surface area contributed by atoms with Gasteiger partial charge < -0.3 is 4.55 Å². The summed E-state index contributed by atoms with van der Waals surface area (Å²) in [5, 5.41) is 0. The predicted octanol–water partition coefficient (Wildman–Crippen LogP) is 2.60. The summed E-state index contributed by atoms with van der Waals surface area (Å²) in [5.41, 5.74) is 3.27. The fraction of sp³-hybridized carbons (Fsp3) is 0.105. The largest absolute Gasteiger partial charge is 0.744 e. The van der Waals surface area contributed by atoms with Crippen molar-refractivity contribution >= 4 is 10.1 Å². The molecule has 0 atom stereocenters. The van der Waals surface area contributed by atoms with Crippen LogP contribution in [-0.4, -0.2) is 20.1 Å². The van der Waals surface area contributed by atoms with E-state index in [4.69, 9.17) is 4.84 Å². The molecule has 25 heavy (non-hydrogen) atoms. The third-order valence-electron chi connectivity index (χ3n) is 3.40. The summed E-state index contributed by atoms with van der Waals surface area (Å²) in [6.45, 7) is 1.82. The first-order chi connectivity index (χ1) is 11.9. The molecule has 0 bridgehead atoms. The van der Waals surface area contributed by atoms with E-state index >= 15 is 0 Å². The number of nitrogens with zero attached hydrogens (tertiary/aromatic N) is 1. The van der Waals surface area contributed by atoms with Gasteiger partial charge in [-0.3, -0.25) is 4.84 Å². The lowest BCUT2D eigenvalue weighted by Crippen LogP contribution is -2.39. The molecule has 0 spiro atoms. The van der Waals surface area contributed by atoms with Gasteiger partial charge in [-0.15, -0.1) is 0 Å². The van der Waals surface area contributed by atoms with Gasteiger partial charge in [0.25, 0.3) is 0 Å². The Morgan fingerprint density at radius 2 is 1.48 bits per heavy atom. The maximum Gasteiger partial charge on any atom is 0.230 e. The minimum absolute atomic E-state index is 0.178. The molecular formula is C19H19NO4S. The molecule has 0 aliphatic rings. The van der Waals surface area contributed by atoms with Crippen LogP contribution in [0.1, 0.15) is 5.56 Å². The van der Waals surface area contributed by atoms with E-state index in [2.05, 4.69) is 18.2 Å². The van der Waals surface area contributed by atoms with Crippen molar-refractivity contribution in [2.45, 2.75) is 11.8 Å². The van der Waals surface area contributed by atoms with Crippen molar-refractivity contribution in [3.63, 3.8) is 0 Å². The zero-order valence-electron chi connectivity index (χ0n) is 14.0. The van der Waals surface area contributed by atoms with Gasteiger partial charge in [0.15, 0.2) is 0 Å². The maximum atomic E-state index is 10.4. The van der Waals surface area contributed by atoms with E-state index in [1.807, 2.05) is 43.6 Å². The van der Waals surface area contributed by atoms with Gasteiger partial charge in [-0.2, -0.15) is 0 Å². The number of aryl methyl sites for hydroxylation is 1. The Bertz CT molecular complexity index is 908. The van der Waals surface area contributed by atoms with E-state index in [1.165, 1.54) is 17.7 Å². The summed E-state index contributed by atoms with van der Waals surface area (Å²) in [7, 11) is -2.62. The van der Waals surface area contributed by atoms with Gasteiger partial charge in [-0.1, -0.05) is 48.0 Å². The lowest BCUT2D eigenvalue weighted by Gasteiger charge is -2.05. The van der Waals surface area contributed by atoms with Crippen molar-refractivity contribution in [1.29, 1.82) is 0 Å². The SMILES string of the molecule is CO[n+]1cccc(-c2ccccc2)c1.Cc1ccc(S(=O)(=O)[O-])cc1. The van der Waals surface area contributed by atoms with Crippen LogP contribution in [0.4, 0.5) is 0 Å². The van der Waals surface area contributed by atoms with Gasteiger partial charge in [0.2, 0.25) is 12.4 Å². The molecule has 0 unspecified atom stereocenters. The highest BCUT2D eigenvalue weighted by Crippen LogP contribution is 2.15. The molecule has 3 aromatic rings. The Kier molecular flexibility index (Phi) is 6.27. The van der Waals surface area contributed by atoms with Crippen molar-refractivity contribution in [1.82, 2.24) is 0 Å². The lowest BCUT2D eigenvalue weighted by atomic mass is 10.1. The van der Waals surface area contributed by atoms with E-state index < -0.39 is 10.1 Å². The molecular weight excluding hydrogens is 338 g/mol. The summed E-state index contributed by atoms with van der Waals surface area (Å²) in [6.07, 6.45) is 3.82. The fourth-order valence-electron chi connectivity index (χ4n) is 2.07. The van der Waals surface area contributed by atoms with Crippen LogP contribution in [0.2, 0.25) is 0 Å². The van der Waals surface area contributed by atoms with Crippen molar-refractivity contribution in [2.75, 3.05) is 7.11 Å². The van der Waals surface area contributed by atoms with Crippen LogP contribution >= 0.6 is 0 Å². The van der Waals surface area contributed by atoms with Crippen molar-refractivity contribution in [2.24, 2.45) is 0 Å². The third kappa shape index (κ3) is 5.70. The second kappa shape index (κ2) is 8.41. The molecule has 0 amide bonds. The van der Waals surface area contributed by atoms with Crippen LogP contribution in [0.25, 0.3) is 11.1 Å². The number of aromatic nitrogens is 1. The minimum Gasteiger partial charge on any atom is -0.744 e. The second-order valence-corrected chi connectivity index (χ2v) is 6.65. The molecule has 3 rings (SSSR count). The van der Waals surface area contributed by atoms with Gasteiger partial charge in [-0.05, 0) is 30.7 Å². The van der Waals surface area contributed by atoms with Crippen LogP contribution in [0.3, 0.4) is 0 Å². The van der Waals surface area contributed by atoms with E-state index in [0.29, 0.717) is 0 Å². The minimum atomic E-state index is -4.27. The number of hydrogen-bond acceptors (Lipinski definition) is 4. The van der Waals surface area contributed by atoms with Gasteiger partial charge >= 0.3 is 0 Å². The van der Waals surface area contributed by atoms with Gasteiger partial charge in [0.05, 0.1) is 10.5 Å². The van der Waals surface area contributed by atoms with Crippen LogP contribution < -0.4 is 9.57 Å². The summed E-state index contributed by atoms with van der Waals surface area (Å²) in [6, 6.07) is 20.0. The molecule has 0 fully saturated rings. The van der Waals surface area contributed by atoms with Crippen molar-refractivity contribution < 1.29 is 22.5 Å². The summed E-state index contributed by atoms with van der Waals surface area (Å²) < 4.78 is 32.8. The normalized spacial score (nSPS) is 10.5. The van der Waals surface area contributed by atoms with E-state index in [-0.39, 0.29) is 4.90 Å². The van der Waals surface area contributed by atoms with Crippen LogP contribution in [0.5, 0.6) is 0 Å². The van der Waals surface area contributed by atoms with Gasteiger partial charge in [0, 0.05) is 10.8 Å². The molecule has 130 valence electrons. The zero-order valence-corrected chi connectivity index (χ0v) is 14.8. The topological polar surface area (TPSA) is 70.3 Å². The molecule has 6 heteroatoms. The first kappa shape index (κ1) is 18.6. The van der Waals surface area contributed by atoms with Gasteiger partial charge in [-0.25, -0.2) is 8.42 Å². The number of hydrogen-bond donors (Lipinski definition) is 0. The Hall–Kier alpha value is -2.70. The summed E-state index contributed by atoms with van der Waals surface area (Å²) >= 11 is 0. The Labute approximate surface area is 147 Å². The molecule has 0 radical (unpaired) electrons. The van der Waals surface area contributed by atoms with Gasteiger partial charge in [0.1, 0.15) is 17.2 Å². The standard InChI is InChI=1S/C12H12NO.C7H8O3S/c1-14-13-9-5-8-12(10-13)11-6-3-2-4-7-11;1-6-2-4-7(5-3-6)11(8,9)10/h2-10H,1H3;2-5H,1H3,(H,8,9,10)/q+1;/p-1. The number of pyridine rings is 1. The number of rotatable bonds is 3. The number of benzene rings is 2. The molecule has 2 aromatic carbocycles. The maximum absolute atomic E-state index is 10.4. The fourth-order valence-corrected chi connectivity index (χ4v) is 2.54. The Balaban J connectivity index is 0.000000186. The van der Waals surface area contributed by atoms with Crippen LogP contribution in [0, 0.1) is 6.92 Å². The van der Waals surface area contributed by atoms with E-state index in [1.54, 1.807) is 24.0 Å². The Morgan fingerprint density at radius 1 is 0.880 bits per heavy atom. The highest BCUT2D eigenvalue weighted by Gasteiger charge is 2.03. The average Bonchev–Trinajstić information content (AvgIpc) is 2.63. The molecule has 0 aliphatic heterocycles. The second-order valence-electron chi connectivity index (χ2n) is 5.27. The van der Waals surface area contributed by atoms with E-state index in [9.17, 15) is 13.0 Å². The predicted molar refractivity (Wildman–Crippen MR) is 93.7 cm³/mol. The zero-order chi connectivity index (χ0) is 18.3. The average molecular weight is 357 g/mol. The quantitative estimate of drug-likeness (QED) is 0.534. The first-order valence-corrected chi connectivity index (χ1v) is 8.95. The molecule has 5 nitrogen and oxygen atoms in total. The lowest BCUT2D eigenvalue weighted by molar-refractivity contribution is -0.885. The smallest absolute Gasteiger partial charge is 0.230 e. The first-order valence-electron chi connectivity index (χ1n) is 7.54. The highest BCUT2D eigenvalue weighted by molar-refractivity contribution is 7.85. The summed E-state index contributed by atoms with van der Waals surface area (Å²) in [5.74, 6) is 0. The van der Waals surface area contributed by atoms with Crippen LogP contribution in [0.15, 0.2) is 84.0 Å². The summed E-state index contributed by atoms with van der Waals surface area (Å²) in [4.78, 5) is 4.92. The molecule has 0 saturated heterocycles. The molecule has 1 heterocycles. The van der Waals surface area contributed by atoms with Crippen molar-refractivity contribution in [3.05, 3.63) is 84.7 Å². The third-order valence-corrected chi connectivity index (χ3v) is 4.25. The Morgan fingerprint density at radius 3 is 2.04 bits per heavy atom. The monoisotopic (exact) mass is 357 g/mol. The van der Waals surface area contributed by atoms with E-state index in [0.717, 1.165) is 11.1 Å². The molecule has 0 N–H and O–H groups in total. The van der Waals surface area contributed by atoms with Crippen molar-refractivity contribution in [3.8, 4) is 11.1 Å². The van der Waals surface area contributed by atoms with Crippen LogP contribution in [-0.2, 0) is 10.1 Å².